The molecule has 1 aliphatic carbocycles. The Morgan fingerprint density at radius 1 is 1.21 bits per heavy atom. The number of hydrogen-bond acceptors (Lipinski definition) is 6. The van der Waals surface area contributed by atoms with E-state index in [9.17, 15) is 9.59 Å². The molecule has 1 aromatic carbocycles. The van der Waals surface area contributed by atoms with Gasteiger partial charge in [0.25, 0.3) is 5.56 Å². The normalized spacial score (nSPS) is 17.1. The van der Waals surface area contributed by atoms with E-state index in [0.717, 1.165) is 37.2 Å². The molecule has 2 aromatic rings. The number of nitrogens with one attached hydrogen (secondary N) is 3. The summed E-state index contributed by atoms with van der Waals surface area (Å²) in [5.41, 5.74) is 0.994. The van der Waals surface area contributed by atoms with Crippen molar-refractivity contribution in [2.45, 2.75) is 43.9 Å². The van der Waals surface area contributed by atoms with Gasteiger partial charge in [-0.1, -0.05) is 18.9 Å². The Morgan fingerprint density at radius 3 is 2.72 bits per heavy atom. The highest BCUT2D eigenvalue weighted by atomic mass is 32.1. The number of rotatable bonds is 6. The molecule has 0 unspecified atom stereocenters. The molecule has 9 heteroatoms. The molecule has 1 aliphatic heterocycles. The number of hydrogen-bond donors (Lipinski definition) is 3. The summed E-state index contributed by atoms with van der Waals surface area (Å²) in [7, 11) is 0. The van der Waals surface area contributed by atoms with Crippen LogP contribution in [0.3, 0.4) is 0 Å². The van der Waals surface area contributed by atoms with Crippen molar-refractivity contribution in [2.75, 3.05) is 19.8 Å². The molecular weight excluding hydrogens is 392 g/mol. The van der Waals surface area contributed by atoms with Crippen LogP contribution in [0.1, 0.15) is 43.4 Å². The van der Waals surface area contributed by atoms with Gasteiger partial charge in [0.2, 0.25) is 5.91 Å². The minimum absolute atomic E-state index is 0.0982. The Kier molecular flexibility index (Phi) is 5.66. The third-order valence-corrected chi connectivity index (χ3v) is 5.90. The van der Waals surface area contributed by atoms with Crippen LogP contribution in [-0.4, -0.2) is 40.8 Å². The topological polar surface area (TPSA) is 109 Å². The summed E-state index contributed by atoms with van der Waals surface area (Å²) in [5, 5.41) is 9.52. The molecule has 1 amide bonds. The van der Waals surface area contributed by atoms with Crippen molar-refractivity contribution in [1.29, 1.82) is 0 Å². The highest BCUT2D eigenvalue weighted by Gasteiger charge is 2.36. The molecule has 1 saturated carbocycles. The van der Waals surface area contributed by atoms with E-state index in [0.29, 0.717) is 19.8 Å². The maximum atomic E-state index is 12.4. The van der Waals surface area contributed by atoms with E-state index in [-0.39, 0.29) is 40.2 Å². The summed E-state index contributed by atoms with van der Waals surface area (Å²) in [6.45, 7) is 1.68. The minimum Gasteiger partial charge on any atom is -0.486 e. The highest BCUT2D eigenvalue weighted by Crippen LogP contribution is 2.43. The zero-order chi connectivity index (χ0) is 20.3. The molecule has 29 heavy (non-hydrogen) atoms. The van der Waals surface area contributed by atoms with Gasteiger partial charge in [-0.05, 0) is 42.8 Å². The first-order valence-electron chi connectivity index (χ1n) is 9.90. The Balaban J connectivity index is 1.41. The van der Waals surface area contributed by atoms with Crippen molar-refractivity contribution in [3.63, 3.8) is 0 Å². The molecule has 1 aromatic heterocycles. The molecule has 1 fully saturated rings. The molecule has 8 nitrogen and oxygen atoms in total. The average Bonchev–Trinajstić information content (AvgIpc) is 3.21. The van der Waals surface area contributed by atoms with Crippen LogP contribution in [0.4, 0.5) is 0 Å². The van der Waals surface area contributed by atoms with Crippen LogP contribution >= 0.6 is 12.2 Å². The predicted molar refractivity (Wildman–Crippen MR) is 109 cm³/mol. The fourth-order valence-electron chi connectivity index (χ4n) is 4.12. The first-order chi connectivity index (χ1) is 14.1. The van der Waals surface area contributed by atoms with E-state index >= 15 is 0 Å². The van der Waals surface area contributed by atoms with E-state index in [4.69, 9.17) is 21.7 Å². The second kappa shape index (κ2) is 8.36. The number of aromatic nitrogens is 3. The average molecular weight is 417 g/mol. The van der Waals surface area contributed by atoms with E-state index in [1.807, 2.05) is 6.07 Å². The summed E-state index contributed by atoms with van der Waals surface area (Å²) in [4.78, 5) is 26.7. The van der Waals surface area contributed by atoms with Gasteiger partial charge >= 0.3 is 0 Å². The molecule has 2 heterocycles. The highest BCUT2D eigenvalue weighted by molar-refractivity contribution is 7.71. The van der Waals surface area contributed by atoms with Crippen LogP contribution in [0.25, 0.3) is 0 Å². The number of carbonyl (C=O) groups is 1. The van der Waals surface area contributed by atoms with Crippen molar-refractivity contribution < 1.29 is 14.3 Å². The van der Waals surface area contributed by atoms with Crippen LogP contribution in [0.5, 0.6) is 11.5 Å². The number of benzene rings is 1. The Bertz CT molecular complexity index is 1010. The fraction of sp³-hybridized carbons (Fsp3) is 0.500. The molecule has 0 atom stereocenters. The van der Waals surface area contributed by atoms with Crippen LogP contribution in [-0.2, 0) is 16.6 Å². The fourth-order valence-corrected chi connectivity index (χ4v) is 4.26. The molecule has 4 rings (SSSR count). The summed E-state index contributed by atoms with van der Waals surface area (Å²) in [5.74, 6) is 1.45. The number of ether oxygens (including phenoxy) is 2. The predicted octanol–water partition coefficient (Wildman–Crippen LogP) is 2.16. The lowest BCUT2D eigenvalue weighted by atomic mass is 9.78. The van der Waals surface area contributed by atoms with Gasteiger partial charge in [0.15, 0.2) is 16.3 Å². The molecule has 2 aliphatic rings. The van der Waals surface area contributed by atoms with Crippen molar-refractivity contribution in [3.05, 3.63) is 44.6 Å². The SMILES string of the molecule is O=C(CCc1n[nH]c(=S)[nH]c1=O)NCC1(c2ccc3c(c2)OCCO3)CCCC1. The van der Waals surface area contributed by atoms with Crippen molar-refractivity contribution >= 4 is 18.1 Å². The lowest BCUT2D eigenvalue weighted by Crippen LogP contribution is -2.39. The molecule has 0 bridgehead atoms. The number of aromatic amines is 2. The number of H-pyrrole nitrogens is 2. The van der Waals surface area contributed by atoms with Gasteiger partial charge < -0.3 is 14.8 Å². The second-order valence-corrected chi connectivity index (χ2v) is 7.98. The number of carbonyl (C=O) groups excluding carboxylic acids is 1. The maximum Gasteiger partial charge on any atom is 0.273 e. The van der Waals surface area contributed by atoms with Gasteiger partial charge in [-0.15, -0.1) is 0 Å². The zero-order valence-electron chi connectivity index (χ0n) is 16.1. The quantitative estimate of drug-likeness (QED) is 0.623. The molecule has 0 saturated heterocycles. The molecule has 0 spiro atoms. The molecule has 154 valence electrons. The van der Waals surface area contributed by atoms with Gasteiger partial charge in [0, 0.05) is 24.8 Å². The first kappa shape index (κ1) is 19.6. The van der Waals surface area contributed by atoms with Crippen LogP contribution in [0, 0.1) is 4.77 Å². The number of fused-ring (bicyclic) bond motifs is 1. The van der Waals surface area contributed by atoms with Crippen LogP contribution < -0.4 is 20.3 Å². The number of nitrogens with zero attached hydrogens (tertiary/aromatic N) is 1. The van der Waals surface area contributed by atoms with Crippen LogP contribution in [0.2, 0.25) is 0 Å². The summed E-state index contributed by atoms with van der Waals surface area (Å²) in [6, 6.07) is 6.10. The zero-order valence-corrected chi connectivity index (χ0v) is 16.9. The summed E-state index contributed by atoms with van der Waals surface area (Å²) < 4.78 is 11.5. The lowest BCUT2D eigenvalue weighted by molar-refractivity contribution is -0.121. The van der Waals surface area contributed by atoms with Crippen LogP contribution in [0.15, 0.2) is 23.0 Å². The largest absolute Gasteiger partial charge is 0.486 e. The summed E-state index contributed by atoms with van der Waals surface area (Å²) in [6.07, 6.45) is 4.74. The van der Waals surface area contributed by atoms with E-state index in [1.165, 1.54) is 5.56 Å². The van der Waals surface area contributed by atoms with E-state index in [1.54, 1.807) is 0 Å². The lowest BCUT2D eigenvalue weighted by Gasteiger charge is -2.31. The van der Waals surface area contributed by atoms with Crippen molar-refractivity contribution in [3.8, 4) is 11.5 Å². The molecular formula is C20H24N4O4S. The van der Waals surface area contributed by atoms with Gasteiger partial charge in [-0.3, -0.25) is 19.7 Å². The Labute approximate surface area is 173 Å². The number of aryl methyl sites for hydroxylation is 1. The smallest absolute Gasteiger partial charge is 0.273 e. The molecule has 0 radical (unpaired) electrons. The van der Waals surface area contributed by atoms with Gasteiger partial charge in [-0.25, -0.2) is 0 Å². The molecule has 3 N–H and O–H groups in total. The van der Waals surface area contributed by atoms with Gasteiger partial charge in [0.1, 0.15) is 18.9 Å². The Morgan fingerprint density at radius 2 is 1.97 bits per heavy atom. The second-order valence-electron chi connectivity index (χ2n) is 7.58. The monoisotopic (exact) mass is 416 g/mol. The standard InChI is InChI=1S/C20H24N4O4S/c25-17(6-4-14-18(26)22-19(29)24-23-14)21-12-20(7-1-2-8-20)13-3-5-15-16(11-13)28-10-9-27-15/h3,5,11H,1-2,4,6-10,12H2,(H,21,25)(H2,22,24,26,29). The van der Waals surface area contributed by atoms with E-state index in [2.05, 4.69) is 32.6 Å². The number of amides is 1. The third kappa shape index (κ3) is 4.34. The van der Waals surface area contributed by atoms with E-state index < -0.39 is 0 Å². The van der Waals surface area contributed by atoms with Crippen molar-refractivity contribution in [2.24, 2.45) is 0 Å². The van der Waals surface area contributed by atoms with Gasteiger partial charge in [-0.2, -0.15) is 5.10 Å². The summed E-state index contributed by atoms with van der Waals surface area (Å²) >= 11 is 4.82. The minimum atomic E-state index is -0.356. The first-order valence-corrected chi connectivity index (χ1v) is 10.3. The van der Waals surface area contributed by atoms with Gasteiger partial charge in [0.05, 0.1) is 0 Å². The van der Waals surface area contributed by atoms with Crippen molar-refractivity contribution in [1.82, 2.24) is 20.5 Å². The maximum absolute atomic E-state index is 12.4. The Hall–Kier alpha value is -2.68. The third-order valence-electron chi connectivity index (χ3n) is 5.71.